The molecule has 0 unspecified atom stereocenters. The molecule has 1 saturated heterocycles. The molecule has 25 heavy (non-hydrogen) atoms. The lowest BCUT2D eigenvalue weighted by molar-refractivity contribution is -0.134. The first-order valence-electron chi connectivity index (χ1n) is 9.02. The number of nitrogens with one attached hydrogen (secondary N) is 3. The van der Waals surface area contributed by atoms with Crippen LogP contribution in [0.1, 0.15) is 48.5 Å². The minimum absolute atomic E-state index is 0. The van der Waals surface area contributed by atoms with Crippen molar-refractivity contribution in [2.45, 2.75) is 39.2 Å². The van der Waals surface area contributed by atoms with E-state index in [2.05, 4.69) is 16.0 Å². The SMILES string of the molecule is CCNC(=O)c1cccc(CNC(=O)[C@@]23CCCC[C@H]2CNC3)c1.Cl. The quantitative estimate of drug-likeness (QED) is 0.749. The molecule has 0 spiro atoms. The van der Waals surface area contributed by atoms with Crippen molar-refractivity contribution in [2.75, 3.05) is 19.6 Å². The molecular weight excluding hydrogens is 338 g/mol. The predicted octanol–water partition coefficient (Wildman–Crippen LogP) is 2.25. The van der Waals surface area contributed by atoms with Crippen LogP contribution >= 0.6 is 12.4 Å². The molecule has 2 fully saturated rings. The number of rotatable bonds is 5. The van der Waals surface area contributed by atoms with Gasteiger partial charge in [0.05, 0.1) is 5.41 Å². The van der Waals surface area contributed by atoms with Gasteiger partial charge in [-0.2, -0.15) is 0 Å². The highest BCUT2D eigenvalue weighted by Gasteiger charge is 2.49. The van der Waals surface area contributed by atoms with Crippen LogP contribution in [0.3, 0.4) is 0 Å². The molecule has 1 aromatic carbocycles. The molecular formula is C19H28ClN3O2. The van der Waals surface area contributed by atoms with Crippen molar-refractivity contribution in [3.05, 3.63) is 35.4 Å². The van der Waals surface area contributed by atoms with E-state index in [-0.39, 0.29) is 29.6 Å². The normalized spacial score (nSPS) is 24.8. The zero-order chi connectivity index (χ0) is 17.0. The number of amides is 2. The second-order valence-corrected chi connectivity index (χ2v) is 6.97. The monoisotopic (exact) mass is 365 g/mol. The maximum atomic E-state index is 12.9. The van der Waals surface area contributed by atoms with Gasteiger partial charge in [-0.1, -0.05) is 25.0 Å². The van der Waals surface area contributed by atoms with Gasteiger partial charge in [0.25, 0.3) is 5.91 Å². The van der Waals surface area contributed by atoms with Crippen molar-refractivity contribution in [1.29, 1.82) is 0 Å². The van der Waals surface area contributed by atoms with Gasteiger partial charge in [0.2, 0.25) is 5.91 Å². The fraction of sp³-hybridized carbons (Fsp3) is 0.579. The van der Waals surface area contributed by atoms with Gasteiger partial charge < -0.3 is 16.0 Å². The van der Waals surface area contributed by atoms with Gasteiger partial charge in [-0.25, -0.2) is 0 Å². The van der Waals surface area contributed by atoms with Crippen molar-refractivity contribution >= 4 is 24.2 Å². The average molecular weight is 366 g/mol. The molecule has 2 amide bonds. The van der Waals surface area contributed by atoms with Crippen LogP contribution in [0.5, 0.6) is 0 Å². The van der Waals surface area contributed by atoms with E-state index in [1.807, 2.05) is 25.1 Å². The Hall–Kier alpha value is -1.59. The van der Waals surface area contributed by atoms with Crippen LogP contribution in [0.2, 0.25) is 0 Å². The van der Waals surface area contributed by atoms with E-state index in [1.165, 1.54) is 6.42 Å². The Bertz CT molecular complexity index is 622. The molecule has 2 atom stereocenters. The summed E-state index contributed by atoms with van der Waals surface area (Å²) in [6.07, 6.45) is 4.50. The summed E-state index contributed by atoms with van der Waals surface area (Å²) >= 11 is 0. The van der Waals surface area contributed by atoms with Crippen LogP contribution in [0.15, 0.2) is 24.3 Å². The van der Waals surface area contributed by atoms with Crippen LogP contribution in [-0.2, 0) is 11.3 Å². The zero-order valence-electron chi connectivity index (χ0n) is 14.8. The molecule has 2 aliphatic rings. The molecule has 1 aliphatic heterocycles. The van der Waals surface area contributed by atoms with Crippen LogP contribution in [-0.4, -0.2) is 31.4 Å². The van der Waals surface area contributed by atoms with Crippen molar-refractivity contribution in [2.24, 2.45) is 11.3 Å². The van der Waals surface area contributed by atoms with Gasteiger partial charge in [-0.15, -0.1) is 12.4 Å². The van der Waals surface area contributed by atoms with Crippen molar-refractivity contribution < 1.29 is 9.59 Å². The van der Waals surface area contributed by atoms with E-state index in [4.69, 9.17) is 0 Å². The number of fused-ring (bicyclic) bond motifs is 1. The Labute approximate surface area is 155 Å². The third kappa shape index (κ3) is 4.15. The minimum Gasteiger partial charge on any atom is -0.352 e. The molecule has 0 aromatic heterocycles. The largest absolute Gasteiger partial charge is 0.352 e. The highest BCUT2D eigenvalue weighted by atomic mass is 35.5. The molecule has 1 aromatic rings. The zero-order valence-corrected chi connectivity index (χ0v) is 15.6. The Morgan fingerprint density at radius 3 is 2.92 bits per heavy atom. The lowest BCUT2D eigenvalue weighted by Crippen LogP contribution is -2.47. The number of carbonyl (C=O) groups excluding carboxylic acids is 2. The Morgan fingerprint density at radius 2 is 2.12 bits per heavy atom. The molecule has 3 rings (SSSR count). The molecule has 1 heterocycles. The molecule has 3 N–H and O–H groups in total. The summed E-state index contributed by atoms with van der Waals surface area (Å²) in [5, 5.41) is 9.33. The van der Waals surface area contributed by atoms with Gasteiger partial charge in [0.15, 0.2) is 0 Å². The highest BCUT2D eigenvalue weighted by Crippen LogP contribution is 2.43. The number of benzene rings is 1. The Kier molecular flexibility index (Phi) is 6.85. The summed E-state index contributed by atoms with van der Waals surface area (Å²) in [4.78, 5) is 24.8. The summed E-state index contributed by atoms with van der Waals surface area (Å²) in [6, 6.07) is 7.47. The third-order valence-electron chi connectivity index (χ3n) is 5.47. The molecule has 1 aliphatic carbocycles. The molecule has 0 radical (unpaired) electrons. The van der Waals surface area contributed by atoms with E-state index < -0.39 is 0 Å². The van der Waals surface area contributed by atoms with E-state index in [0.717, 1.165) is 37.9 Å². The maximum Gasteiger partial charge on any atom is 0.251 e. The Morgan fingerprint density at radius 1 is 1.28 bits per heavy atom. The first-order valence-corrected chi connectivity index (χ1v) is 9.02. The minimum atomic E-state index is -0.227. The van der Waals surface area contributed by atoms with Gasteiger partial charge in [0, 0.05) is 25.2 Å². The van der Waals surface area contributed by atoms with E-state index >= 15 is 0 Å². The summed E-state index contributed by atoms with van der Waals surface area (Å²) in [5.41, 5.74) is 1.37. The maximum absolute atomic E-state index is 12.9. The Balaban J connectivity index is 0.00000225. The van der Waals surface area contributed by atoms with Crippen LogP contribution in [0.25, 0.3) is 0 Å². The molecule has 138 valence electrons. The lowest BCUT2D eigenvalue weighted by Gasteiger charge is -2.37. The molecule has 5 nitrogen and oxygen atoms in total. The third-order valence-corrected chi connectivity index (χ3v) is 5.47. The molecule has 6 heteroatoms. The first kappa shape index (κ1) is 19.7. The number of carbonyl (C=O) groups is 2. The van der Waals surface area contributed by atoms with Gasteiger partial charge >= 0.3 is 0 Å². The second kappa shape index (κ2) is 8.68. The van der Waals surface area contributed by atoms with Crippen LogP contribution in [0, 0.1) is 11.3 Å². The van der Waals surface area contributed by atoms with Crippen LogP contribution in [0.4, 0.5) is 0 Å². The van der Waals surface area contributed by atoms with Gasteiger partial charge in [-0.3, -0.25) is 9.59 Å². The van der Waals surface area contributed by atoms with Crippen molar-refractivity contribution in [1.82, 2.24) is 16.0 Å². The number of hydrogen-bond acceptors (Lipinski definition) is 3. The lowest BCUT2D eigenvalue weighted by atomic mass is 9.67. The molecule has 0 bridgehead atoms. The average Bonchev–Trinajstić information content (AvgIpc) is 3.05. The molecule has 1 saturated carbocycles. The van der Waals surface area contributed by atoms with E-state index in [1.54, 1.807) is 6.07 Å². The predicted molar refractivity (Wildman–Crippen MR) is 101 cm³/mol. The fourth-order valence-electron chi connectivity index (χ4n) is 4.13. The summed E-state index contributed by atoms with van der Waals surface area (Å²) < 4.78 is 0. The summed E-state index contributed by atoms with van der Waals surface area (Å²) in [5.74, 6) is 0.560. The number of halogens is 1. The van der Waals surface area contributed by atoms with Gasteiger partial charge in [-0.05, 0) is 49.9 Å². The highest BCUT2D eigenvalue weighted by molar-refractivity contribution is 5.94. The standard InChI is InChI=1S/C19H27N3O2.ClH/c1-2-21-17(23)15-7-5-6-14(10-15)11-22-18(24)19-9-4-3-8-16(19)12-20-13-19;/h5-7,10,16,20H,2-4,8-9,11-13H2,1H3,(H,21,23)(H,22,24);1H/t16-,19+;/m0./s1. The van der Waals surface area contributed by atoms with E-state index in [9.17, 15) is 9.59 Å². The van der Waals surface area contributed by atoms with Gasteiger partial charge in [0.1, 0.15) is 0 Å². The van der Waals surface area contributed by atoms with Crippen LogP contribution < -0.4 is 16.0 Å². The second-order valence-electron chi connectivity index (χ2n) is 6.97. The smallest absolute Gasteiger partial charge is 0.251 e. The van der Waals surface area contributed by atoms with E-state index in [0.29, 0.717) is 24.6 Å². The summed E-state index contributed by atoms with van der Waals surface area (Å²) in [7, 11) is 0. The fourth-order valence-corrected chi connectivity index (χ4v) is 4.13. The first-order chi connectivity index (χ1) is 11.7. The van der Waals surface area contributed by atoms with Crippen molar-refractivity contribution in [3.8, 4) is 0 Å². The summed E-state index contributed by atoms with van der Waals surface area (Å²) in [6.45, 7) is 4.73. The topological polar surface area (TPSA) is 70.2 Å². The van der Waals surface area contributed by atoms with Crippen molar-refractivity contribution in [3.63, 3.8) is 0 Å². The number of hydrogen-bond donors (Lipinski definition) is 3.